The number of halogens is 1. The number of amides is 1. The molecule has 0 bridgehead atoms. The minimum Gasteiger partial charge on any atom is -0.340 e. The molecular formula is C14H21ClN2OS. The molecule has 1 amide bonds. The van der Waals surface area contributed by atoms with Crippen LogP contribution in [0.4, 0.5) is 0 Å². The van der Waals surface area contributed by atoms with Crippen LogP contribution in [0.1, 0.15) is 18.7 Å². The summed E-state index contributed by atoms with van der Waals surface area (Å²) in [6.45, 7) is 8.35. The van der Waals surface area contributed by atoms with Crippen LogP contribution in [0.15, 0.2) is 17.5 Å². The first kappa shape index (κ1) is 14.8. The third kappa shape index (κ3) is 3.71. The van der Waals surface area contributed by atoms with Crippen molar-refractivity contribution < 1.29 is 4.79 Å². The largest absolute Gasteiger partial charge is 0.340 e. The van der Waals surface area contributed by atoms with Gasteiger partial charge in [-0.15, -0.1) is 22.9 Å². The third-order valence-corrected chi connectivity index (χ3v) is 5.06. The van der Waals surface area contributed by atoms with Crippen LogP contribution in [0.25, 0.3) is 0 Å². The van der Waals surface area contributed by atoms with E-state index in [0.29, 0.717) is 5.88 Å². The van der Waals surface area contributed by atoms with Crippen LogP contribution >= 0.6 is 22.9 Å². The van der Waals surface area contributed by atoms with Gasteiger partial charge in [-0.1, -0.05) is 6.07 Å². The Kier molecular flexibility index (Phi) is 4.87. The molecule has 0 saturated carbocycles. The fraction of sp³-hybridized carbons (Fsp3) is 0.643. The first-order valence-electron chi connectivity index (χ1n) is 6.63. The summed E-state index contributed by atoms with van der Waals surface area (Å²) in [5, 5.41) is 2.11. The Hall–Kier alpha value is -0.580. The van der Waals surface area contributed by atoms with Crippen molar-refractivity contribution in [1.82, 2.24) is 9.80 Å². The Morgan fingerprint density at radius 3 is 2.58 bits per heavy atom. The number of nitrogens with zero attached hydrogens (tertiary/aromatic N) is 2. The highest BCUT2D eigenvalue weighted by Gasteiger charge is 2.32. The first-order chi connectivity index (χ1) is 9.03. The summed E-state index contributed by atoms with van der Waals surface area (Å²) in [5.41, 5.74) is -0.447. The predicted molar refractivity (Wildman–Crippen MR) is 80.7 cm³/mol. The number of thiophene rings is 1. The zero-order valence-electron chi connectivity index (χ0n) is 11.6. The average molecular weight is 301 g/mol. The van der Waals surface area contributed by atoms with Gasteiger partial charge in [-0.2, -0.15) is 0 Å². The number of hydrogen-bond acceptors (Lipinski definition) is 3. The third-order valence-electron chi connectivity index (χ3n) is 3.53. The highest BCUT2D eigenvalue weighted by atomic mass is 35.5. The summed E-state index contributed by atoms with van der Waals surface area (Å²) in [6.07, 6.45) is 0. The molecule has 1 saturated heterocycles. The molecule has 0 spiro atoms. The SMILES string of the molecule is CC(C)(CCl)C(=O)N1CCN(Cc2cccs2)CC1. The molecule has 1 aromatic heterocycles. The molecule has 0 atom stereocenters. The molecule has 5 heteroatoms. The van der Waals surface area contributed by atoms with Gasteiger partial charge in [0.1, 0.15) is 0 Å². The van der Waals surface area contributed by atoms with Crippen LogP contribution in [0.5, 0.6) is 0 Å². The summed E-state index contributed by atoms with van der Waals surface area (Å²) < 4.78 is 0. The van der Waals surface area contributed by atoms with Crippen LogP contribution in [-0.4, -0.2) is 47.8 Å². The lowest BCUT2D eigenvalue weighted by Gasteiger charge is -2.38. The normalized spacial score (nSPS) is 17.7. The second kappa shape index (κ2) is 6.25. The summed E-state index contributed by atoms with van der Waals surface area (Å²) in [7, 11) is 0. The van der Waals surface area contributed by atoms with Crippen molar-refractivity contribution in [2.45, 2.75) is 20.4 Å². The van der Waals surface area contributed by atoms with Crippen molar-refractivity contribution in [3.05, 3.63) is 22.4 Å². The molecular weight excluding hydrogens is 280 g/mol. The van der Waals surface area contributed by atoms with Crippen molar-refractivity contribution in [3.63, 3.8) is 0 Å². The van der Waals surface area contributed by atoms with Gasteiger partial charge in [0.2, 0.25) is 5.91 Å². The van der Waals surface area contributed by atoms with E-state index in [-0.39, 0.29) is 5.91 Å². The Labute approximate surface area is 124 Å². The average Bonchev–Trinajstić information content (AvgIpc) is 2.91. The fourth-order valence-electron chi connectivity index (χ4n) is 2.22. The number of hydrogen-bond donors (Lipinski definition) is 0. The van der Waals surface area contributed by atoms with Gasteiger partial charge in [0.15, 0.2) is 0 Å². The van der Waals surface area contributed by atoms with E-state index in [1.807, 2.05) is 18.7 Å². The minimum absolute atomic E-state index is 0.179. The van der Waals surface area contributed by atoms with E-state index in [2.05, 4.69) is 22.4 Å². The molecule has 1 fully saturated rings. The summed E-state index contributed by atoms with van der Waals surface area (Å²) in [4.78, 5) is 18.0. The smallest absolute Gasteiger partial charge is 0.229 e. The molecule has 1 aliphatic rings. The van der Waals surface area contributed by atoms with Gasteiger partial charge >= 0.3 is 0 Å². The topological polar surface area (TPSA) is 23.6 Å². The monoisotopic (exact) mass is 300 g/mol. The van der Waals surface area contributed by atoms with Gasteiger partial charge in [0.05, 0.1) is 5.41 Å². The van der Waals surface area contributed by atoms with Gasteiger partial charge in [0, 0.05) is 43.5 Å². The maximum atomic E-state index is 12.3. The Balaban J connectivity index is 1.84. The highest BCUT2D eigenvalue weighted by molar-refractivity contribution is 7.09. The van der Waals surface area contributed by atoms with Crippen LogP contribution in [0.3, 0.4) is 0 Å². The maximum absolute atomic E-state index is 12.3. The number of alkyl halides is 1. The Bertz CT molecular complexity index is 411. The standard InChI is InChI=1S/C14H21ClN2OS/c1-14(2,11-15)13(18)17-7-5-16(6-8-17)10-12-4-3-9-19-12/h3-4,9H,5-8,10-11H2,1-2H3. The molecule has 1 aromatic rings. The van der Waals surface area contributed by atoms with Crippen molar-refractivity contribution in [3.8, 4) is 0 Å². The Morgan fingerprint density at radius 2 is 2.05 bits per heavy atom. The van der Waals surface area contributed by atoms with E-state index >= 15 is 0 Å². The van der Waals surface area contributed by atoms with E-state index in [1.54, 1.807) is 11.3 Å². The van der Waals surface area contributed by atoms with E-state index in [4.69, 9.17) is 11.6 Å². The second-order valence-electron chi connectivity index (χ2n) is 5.67. The number of rotatable bonds is 4. The predicted octanol–water partition coefficient (Wildman–Crippen LogP) is 2.66. The van der Waals surface area contributed by atoms with Crippen LogP contribution in [-0.2, 0) is 11.3 Å². The summed E-state index contributed by atoms with van der Waals surface area (Å²) in [6, 6.07) is 4.25. The van der Waals surface area contributed by atoms with Crippen molar-refractivity contribution in [2.24, 2.45) is 5.41 Å². The summed E-state index contributed by atoms with van der Waals surface area (Å²) in [5.74, 6) is 0.555. The first-order valence-corrected chi connectivity index (χ1v) is 8.04. The quantitative estimate of drug-likeness (QED) is 0.798. The number of carbonyl (C=O) groups is 1. The molecule has 0 aliphatic carbocycles. The van der Waals surface area contributed by atoms with Gasteiger partial charge in [0.25, 0.3) is 0 Å². The van der Waals surface area contributed by atoms with E-state index in [0.717, 1.165) is 32.7 Å². The lowest BCUT2D eigenvalue weighted by atomic mass is 9.94. The molecule has 19 heavy (non-hydrogen) atoms. The maximum Gasteiger partial charge on any atom is 0.229 e. The van der Waals surface area contributed by atoms with Crippen LogP contribution < -0.4 is 0 Å². The zero-order valence-corrected chi connectivity index (χ0v) is 13.1. The van der Waals surface area contributed by atoms with Crippen molar-refractivity contribution >= 4 is 28.8 Å². The lowest BCUT2D eigenvalue weighted by molar-refractivity contribution is -0.141. The van der Waals surface area contributed by atoms with E-state index < -0.39 is 5.41 Å². The minimum atomic E-state index is -0.447. The molecule has 2 heterocycles. The number of piperazine rings is 1. The lowest BCUT2D eigenvalue weighted by Crippen LogP contribution is -2.52. The molecule has 0 radical (unpaired) electrons. The van der Waals surface area contributed by atoms with Gasteiger partial charge in [-0.3, -0.25) is 9.69 Å². The van der Waals surface area contributed by atoms with Gasteiger partial charge in [-0.05, 0) is 25.3 Å². The zero-order chi connectivity index (χ0) is 13.9. The molecule has 0 N–H and O–H groups in total. The van der Waals surface area contributed by atoms with Gasteiger partial charge in [-0.25, -0.2) is 0 Å². The van der Waals surface area contributed by atoms with Crippen molar-refractivity contribution in [2.75, 3.05) is 32.1 Å². The Morgan fingerprint density at radius 1 is 1.37 bits per heavy atom. The van der Waals surface area contributed by atoms with Crippen LogP contribution in [0, 0.1) is 5.41 Å². The molecule has 3 nitrogen and oxygen atoms in total. The second-order valence-corrected chi connectivity index (χ2v) is 6.96. The number of carbonyl (C=O) groups excluding carboxylic acids is 1. The van der Waals surface area contributed by atoms with Crippen molar-refractivity contribution in [1.29, 1.82) is 0 Å². The molecule has 0 unspecified atom stereocenters. The molecule has 1 aliphatic heterocycles. The van der Waals surface area contributed by atoms with E-state index in [1.165, 1.54) is 4.88 Å². The molecule has 106 valence electrons. The highest BCUT2D eigenvalue weighted by Crippen LogP contribution is 2.22. The van der Waals surface area contributed by atoms with E-state index in [9.17, 15) is 4.79 Å². The van der Waals surface area contributed by atoms with Gasteiger partial charge < -0.3 is 4.90 Å². The summed E-state index contributed by atoms with van der Waals surface area (Å²) >= 11 is 7.67. The molecule has 2 rings (SSSR count). The van der Waals surface area contributed by atoms with Crippen LogP contribution in [0.2, 0.25) is 0 Å². The molecule has 0 aromatic carbocycles. The fourth-order valence-corrected chi connectivity index (χ4v) is 3.08.